The SMILES string of the molecule is CC[C@H](NC(=O)OC)C(=O)N1C[C@@H](C#N)C[C@H]1c1ncc(-c2ccc3cc(-c4ccc(-c5cnc([C@@H]6CC7(CC7)CN6C(=O)[C@@H](NC(=O)OC)C(C)C)[nH]5)cc4)ccc3c2)[nH]1.CC[C@H](NC(=O)OC)C(=O)O.COC(=O)N[C@H](C(=O)N1CC2(CC2)C[C@H]1c1ncc(-c2ccc(-c3ccc4cc(-c5cnc([C@@H]6C[C@H](C#N)CN6)[nH]5)ccc4c3)cc2)[nH]1)C(C)C. The number of nitrogens with zero attached hydrogens (tertiary/aromatic N) is 9. The average molecular weight is 1670 g/mol. The summed E-state index contributed by atoms with van der Waals surface area (Å²) in [5.41, 5.74) is 12.2. The molecule has 7 amide bonds. The lowest BCUT2D eigenvalue weighted by molar-refractivity contribution is -0.139. The Morgan fingerprint density at radius 3 is 1.17 bits per heavy atom. The number of aliphatic carboxylic acids is 1. The van der Waals surface area contributed by atoms with Gasteiger partial charge in [-0.25, -0.2) is 43.9 Å². The Kier molecular flexibility index (Phi) is 25.8. The number of aromatic nitrogens is 8. The number of imidazole rings is 4. The molecule has 2 spiro atoms. The second-order valence-electron chi connectivity index (χ2n) is 33.6. The Labute approximate surface area is 712 Å². The lowest BCUT2D eigenvalue weighted by atomic mass is 9.98. The highest BCUT2D eigenvalue weighted by Gasteiger charge is 2.57. The maximum absolute atomic E-state index is 13.9. The van der Waals surface area contributed by atoms with Crippen molar-refractivity contribution in [2.75, 3.05) is 54.6 Å². The van der Waals surface area contributed by atoms with E-state index in [0.717, 1.165) is 151 Å². The van der Waals surface area contributed by atoms with E-state index >= 15 is 0 Å². The van der Waals surface area contributed by atoms with Gasteiger partial charge in [-0.05, 0) is 166 Å². The van der Waals surface area contributed by atoms with E-state index < -0.39 is 60.6 Å². The number of hydrogen-bond donors (Lipinski definition) is 10. The molecule has 6 aromatic carbocycles. The first-order valence-corrected chi connectivity index (χ1v) is 41.8. The molecule has 0 unspecified atom stereocenters. The number of aromatic amines is 4. The summed E-state index contributed by atoms with van der Waals surface area (Å²) >= 11 is 0. The first kappa shape index (κ1) is 86.0. The number of methoxy groups -OCH3 is 4. The lowest BCUT2D eigenvalue weighted by Crippen LogP contribution is -2.51. The lowest BCUT2D eigenvalue weighted by Gasteiger charge is -2.30. The molecular weight excluding hydrogens is 1570 g/mol. The zero-order valence-corrected chi connectivity index (χ0v) is 70.6. The van der Waals surface area contributed by atoms with Crippen molar-refractivity contribution >= 4 is 69.6 Å². The van der Waals surface area contributed by atoms with Crippen molar-refractivity contribution in [2.45, 2.75) is 154 Å². The number of carboxylic acids is 1. The maximum Gasteiger partial charge on any atom is 0.407 e. The Morgan fingerprint density at radius 1 is 0.447 bits per heavy atom. The van der Waals surface area contributed by atoms with E-state index in [0.29, 0.717) is 44.7 Å². The molecule has 0 radical (unpaired) electrons. The van der Waals surface area contributed by atoms with Crippen LogP contribution in [0.2, 0.25) is 0 Å². The van der Waals surface area contributed by atoms with E-state index in [1.807, 2.05) is 69.1 Å². The van der Waals surface area contributed by atoms with Crippen LogP contribution in [-0.2, 0) is 38.1 Å². The highest BCUT2D eigenvalue weighted by atomic mass is 16.6. The first-order valence-electron chi connectivity index (χ1n) is 41.8. The number of likely N-dealkylation sites (tertiary alicyclic amines) is 3. The van der Waals surface area contributed by atoms with Gasteiger partial charge in [0.1, 0.15) is 47.5 Å². The molecule has 31 nitrogen and oxygen atoms in total. The van der Waals surface area contributed by atoms with Gasteiger partial charge in [0.15, 0.2) is 0 Å². The molecule has 123 heavy (non-hydrogen) atoms. The number of carbonyl (C=O) groups excluding carboxylic acids is 7. The minimum atomic E-state index is -1.06. The van der Waals surface area contributed by atoms with Crippen LogP contribution in [0.4, 0.5) is 19.2 Å². The summed E-state index contributed by atoms with van der Waals surface area (Å²) in [5.74, 6) is 0.904. The molecule has 6 aliphatic rings. The number of hydrogen-bond acceptors (Lipinski definition) is 19. The highest BCUT2D eigenvalue weighted by Crippen LogP contribution is 2.60. The minimum absolute atomic E-state index is 0.0253. The quantitative estimate of drug-likeness (QED) is 0.0282. The Balaban J connectivity index is 0.000000181. The van der Waals surface area contributed by atoms with Gasteiger partial charge in [-0.3, -0.25) is 14.4 Å². The van der Waals surface area contributed by atoms with Gasteiger partial charge in [-0.15, -0.1) is 0 Å². The van der Waals surface area contributed by atoms with Gasteiger partial charge >= 0.3 is 30.3 Å². The zero-order valence-electron chi connectivity index (χ0n) is 70.6. The van der Waals surface area contributed by atoms with Crippen LogP contribution in [0.15, 0.2) is 146 Å². The van der Waals surface area contributed by atoms with Gasteiger partial charge < -0.3 is 85.3 Å². The normalized spacial score (nSPS) is 19.8. The largest absolute Gasteiger partial charge is 0.480 e. The van der Waals surface area contributed by atoms with E-state index in [4.69, 9.17) is 29.3 Å². The van der Waals surface area contributed by atoms with Gasteiger partial charge in [-0.2, -0.15) is 10.5 Å². The molecule has 640 valence electrons. The van der Waals surface area contributed by atoms with Crippen LogP contribution >= 0.6 is 0 Å². The molecule has 2 saturated carbocycles. The molecule has 0 bridgehead atoms. The van der Waals surface area contributed by atoms with Gasteiger partial charge in [0, 0.05) is 37.3 Å². The predicted molar refractivity (Wildman–Crippen MR) is 458 cm³/mol. The van der Waals surface area contributed by atoms with Crippen molar-refractivity contribution in [3.05, 3.63) is 169 Å². The van der Waals surface area contributed by atoms with Crippen molar-refractivity contribution < 1.29 is 62.4 Å². The van der Waals surface area contributed by atoms with Crippen LogP contribution < -0.4 is 26.6 Å². The molecule has 10 aromatic rings. The number of alkyl carbamates (subject to hydrolysis) is 4. The third kappa shape index (κ3) is 19.2. The van der Waals surface area contributed by atoms with Crippen LogP contribution in [-0.4, -0.2) is 187 Å². The number of rotatable bonds is 22. The molecule has 4 saturated heterocycles. The summed E-state index contributed by atoms with van der Waals surface area (Å²) in [7, 11) is 5.05. The van der Waals surface area contributed by atoms with Crippen LogP contribution in [0.1, 0.15) is 153 Å². The average Bonchev–Trinajstić information content (AvgIpc) is 1.58. The second kappa shape index (κ2) is 36.9. The first-order chi connectivity index (χ1) is 59.3. The number of ether oxygens (including phenoxy) is 4. The molecule has 2 aliphatic carbocycles. The van der Waals surface area contributed by atoms with Crippen molar-refractivity contribution in [3.63, 3.8) is 0 Å². The standard InChI is InChI=1S/C46H51N9O6.C40H42N8O3.C6H11NO4/c1-6-34(52-44(58)60-4)42(56)54-24-27(21-47)17-37(54)40-48-23-36(51-40)33-14-13-31-18-30(11-12-32(31)19-33)28-7-9-29(10-8-28)35-22-49-41(50-35)38-20-46(15-16-46)25-55(38)43(57)39(26(2)3)53-45(59)61-5;1-23(2)35(47-39(50)51-3)38(49)48-22-40(12-13-40)17-34(48)37-44-20-32(46-37)26-6-4-25(5-7-26)27-8-9-29-16-30(11-10-28(29)15-27)33-21-43-36(45-33)31-14-24(18-41)19-42-31;1-3-4(5(8)9)7-6(10)11-2/h7-14,18-19,22-23,26-27,34,37-39H,6,15-17,20,24-25H2,1-5H3,(H,48,51)(H,49,50)(H,52,58)(H,53,59);4-11,15-16,20-21,23-24,31,34-35,42H,12-14,17,19,22H2,1-3H3,(H,43,45)(H,44,46)(H,47,50);4H,3H2,1-2H3,(H,7,10)(H,8,9)/t27-,34+,37+,38+,39+;24-,31+,34+,35+;4-/m110/s1. The highest BCUT2D eigenvalue weighted by molar-refractivity contribution is 5.93. The maximum atomic E-state index is 13.9. The number of H-pyrrole nitrogens is 4. The van der Waals surface area contributed by atoms with E-state index in [1.165, 1.54) is 28.4 Å². The van der Waals surface area contributed by atoms with Gasteiger partial charge in [0.05, 0.1) is 124 Å². The number of nitrogens with one attached hydrogen (secondary N) is 9. The predicted octanol–water partition coefficient (Wildman–Crippen LogP) is 14.4. The molecular formula is C92H104N18O13. The van der Waals surface area contributed by atoms with Crippen LogP contribution in [0.25, 0.3) is 88.8 Å². The smallest absolute Gasteiger partial charge is 0.407 e. The molecule has 10 atom stereocenters. The van der Waals surface area contributed by atoms with Crippen molar-refractivity contribution in [1.82, 2.24) is 81.2 Å². The number of nitriles is 2. The summed E-state index contributed by atoms with van der Waals surface area (Å²) in [6.45, 7) is 13.4. The molecule has 16 rings (SSSR count). The molecule has 4 aromatic heterocycles. The molecule has 4 aliphatic heterocycles. The third-order valence-corrected chi connectivity index (χ3v) is 24.7. The zero-order chi connectivity index (χ0) is 87.1. The van der Waals surface area contributed by atoms with Gasteiger partial charge in [0.2, 0.25) is 17.7 Å². The number of carboxylic acid groups (broad SMARTS) is 1. The molecule has 10 N–H and O–H groups in total. The van der Waals surface area contributed by atoms with Crippen molar-refractivity contribution in [2.24, 2.45) is 34.5 Å². The summed E-state index contributed by atoms with van der Waals surface area (Å²) in [5, 5.41) is 45.5. The molecule has 6 fully saturated rings. The Morgan fingerprint density at radius 2 is 0.797 bits per heavy atom. The topological polar surface area (TPSA) is 426 Å². The van der Waals surface area contributed by atoms with Crippen molar-refractivity contribution in [1.29, 1.82) is 10.5 Å². The summed E-state index contributed by atoms with van der Waals surface area (Å²) in [6, 6.07) is 43.2. The van der Waals surface area contributed by atoms with Crippen LogP contribution in [0.3, 0.4) is 0 Å². The number of amides is 7. The number of benzene rings is 6. The van der Waals surface area contributed by atoms with E-state index in [1.54, 1.807) is 18.0 Å². The van der Waals surface area contributed by atoms with Crippen LogP contribution in [0, 0.1) is 57.2 Å². The van der Waals surface area contributed by atoms with Crippen molar-refractivity contribution in [3.8, 4) is 79.4 Å². The molecule has 8 heterocycles. The minimum Gasteiger partial charge on any atom is -0.480 e. The Hall–Kier alpha value is -13.4. The van der Waals surface area contributed by atoms with E-state index in [2.05, 4.69) is 189 Å². The van der Waals surface area contributed by atoms with Crippen LogP contribution in [0.5, 0.6) is 0 Å². The monoisotopic (exact) mass is 1670 g/mol. The summed E-state index contributed by atoms with van der Waals surface area (Å²) in [4.78, 5) is 136. The summed E-state index contributed by atoms with van der Waals surface area (Å²) in [6.07, 6.45) is 12.7. The van der Waals surface area contributed by atoms with Gasteiger partial charge in [-0.1, -0.05) is 139 Å². The fourth-order valence-corrected chi connectivity index (χ4v) is 17.1. The Bertz CT molecular complexity index is 5650. The summed E-state index contributed by atoms with van der Waals surface area (Å²) < 4.78 is 18.5. The number of fused-ring (bicyclic) bond motifs is 2. The van der Waals surface area contributed by atoms with E-state index in [-0.39, 0.29) is 76.9 Å². The number of carbonyl (C=O) groups is 8. The third-order valence-electron chi connectivity index (χ3n) is 24.7. The van der Waals surface area contributed by atoms with E-state index in [9.17, 15) is 48.9 Å². The second-order valence-corrected chi connectivity index (χ2v) is 33.6. The van der Waals surface area contributed by atoms with Gasteiger partial charge in [0.25, 0.3) is 0 Å². The fourth-order valence-electron chi connectivity index (χ4n) is 17.1. The fraction of sp³-hybridized carbons (Fsp3) is 0.413. The molecule has 31 heteroatoms.